The molecule has 1 saturated carbocycles. The second-order valence-corrected chi connectivity index (χ2v) is 6.43. The third kappa shape index (κ3) is 3.17. The van der Waals surface area contributed by atoms with Crippen LogP contribution in [0.15, 0.2) is 12.3 Å². The molecule has 0 bridgehead atoms. The first-order valence-corrected chi connectivity index (χ1v) is 7.56. The molecule has 1 N–H and O–H groups in total. The van der Waals surface area contributed by atoms with Gasteiger partial charge in [-0.2, -0.15) is 0 Å². The number of carbonyl (C=O) groups excluding carboxylic acids is 1. The van der Waals surface area contributed by atoms with Crippen LogP contribution in [0.1, 0.15) is 59.2 Å². The minimum Gasteiger partial charge on any atom is -0.311 e. The molecule has 0 spiro atoms. The van der Waals surface area contributed by atoms with Crippen molar-refractivity contribution in [2.75, 3.05) is 5.32 Å². The lowest BCUT2D eigenvalue weighted by atomic mass is 9.64. The summed E-state index contributed by atoms with van der Waals surface area (Å²) in [7, 11) is 0. The van der Waals surface area contributed by atoms with Gasteiger partial charge in [-0.05, 0) is 43.6 Å². The summed E-state index contributed by atoms with van der Waals surface area (Å²) in [4.78, 5) is 20.3. The topological polar surface area (TPSA) is 54.9 Å². The molecule has 20 heavy (non-hydrogen) atoms. The zero-order valence-electron chi connectivity index (χ0n) is 12.9. The van der Waals surface area contributed by atoms with Gasteiger partial charge in [-0.3, -0.25) is 4.79 Å². The van der Waals surface area contributed by atoms with Gasteiger partial charge in [0.05, 0.1) is 0 Å². The molecule has 2 unspecified atom stereocenters. The average molecular weight is 275 g/mol. The lowest BCUT2D eigenvalue weighted by Crippen LogP contribution is -2.37. The number of hydrogen-bond acceptors (Lipinski definition) is 3. The van der Waals surface area contributed by atoms with E-state index in [0.29, 0.717) is 17.7 Å². The quantitative estimate of drug-likeness (QED) is 0.918. The van der Waals surface area contributed by atoms with Crippen molar-refractivity contribution in [2.24, 2.45) is 11.8 Å². The summed E-state index contributed by atoms with van der Waals surface area (Å²) < 4.78 is 0. The van der Waals surface area contributed by atoms with Crippen LogP contribution in [0.4, 0.5) is 5.82 Å². The van der Waals surface area contributed by atoms with Gasteiger partial charge < -0.3 is 5.32 Å². The maximum absolute atomic E-state index is 11.2. The summed E-state index contributed by atoms with van der Waals surface area (Å²) in [6.07, 6.45) is 6.36. The maximum Gasteiger partial charge on any atom is 0.222 e. The molecule has 0 radical (unpaired) electrons. The Balaban J connectivity index is 2.33. The predicted molar refractivity (Wildman–Crippen MR) is 80.5 cm³/mol. The van der Waals surface area contributed by atoms with Crippen LogP contribution in [0.3, 0.4) is 0 Å². The second-order valence-electron chi connectivity index (χ2n) is 6.43. The number of carbonyl (C=O) groups is 1. The monoisotopic (exact) mass is 275 g/mol. The molecule has 1 aliphatic carbocycles. The Bertz CT molecular complexity index is 476. The molecule has 1 aromatic rings. The lowest BCUT2D eigenvalue weighted by molar-refractivity contribution is -0.114. The van der Waals surface area contributed by atoms with Crippen LogP contribution in [-0.2, 0) is 10.2 Å². The van der Waals surface area contributed by atoms with Crippen LogP contribution in [0, 0.1) is 11.8 Å². The Morgan fingerprint density at radius 2 is 2.05 bits per heavy atom. The SMILES string of the molecule is CCC1(c2nccc(NC(C)=O)n2)CC(C)CC(C)C1. The van der Waals surface area contributed by atoms with Gasteiger partial charge in [-0.15, -0.1) is 0 Å². The number of rotatable bonds is 3. The van der Waals surface area contributed by atoms with Crippen molar-refractivity contribution in [3.63, 3.8) is 0 Å². The van der Waals surface area contributed by atoms with Crippen molar-refractivity contribution < 1.29 is 4.79 Å². The van der Waals surface area contributed by atoms with Crippen molar-refractivity contribution in [1.82, 2.24) is 9.97 Å². The highest BCUT2D eigenvalue weighted by atomic mass is 16.1. The number of nitrogens with zero attached hydrogens (tertiary/aromatic N) is 2. The molecule has 1 aliphatic rings. The minimum absolute atomic E-state index is 0.0611. The molecule has 110 valence electrons. The van der Waals surface area contributed by atoms with E-state index in [1.165, 1.54) is 13.3 Å². The first-order chi connectivity index (χ1) is 9.45. The second kappa shape index (κ2) is 5.90. The predicted octanol–water partition coefficient (Wildman–Crippen LogP) is 3.54. The lowest BCUT2D eigenvalue weighted by Gasteiger charge is -2.41. The summed E-state index contributed by atoms with van der Waals surface area (Å²) in [5.74, 6) is 2.81. The van der Waals surface area contributed by atoms with Crippen molar-refractivity contribution in [3.05, 3.63) is 18.1 Å². The van der Waals surface area contributed by atoms with Crippen molar-refractivity contribution >= 4 is 11.7 Å². The summed E-state index contributed by atoms with van der Waals surface area (Å²) in [6, 6.07) is 1.75. The summed E-state index contributed by atoms with van der Waals surface area (Å²) >= 11 is 0. The standard InChI is InChI=1S/C16H25N3O/c1-5-16(9-11(2)8-12(3)10-16)15-17-7-6-14(19-15)18-13(4)20/h6-7,11-12H,5,8-10H2,1-4H3,(H,17,18,19,20). The Morgan fingerprint density at radius 1 is 1.40 bits per heavy atom. The van der Waals surface area contributed by atoms with Gasteiger partial charge >= 0.3 is 0 Å². The molecule has 4 heteroatoms. The molecule has 1 amide bonds. The van der Waals surface area contributed by atoms with E-state index in [0.717, 1.165) is 25.1 Å². The normalized spacial score (nSPS) is 30.0. The van der Waals surface area contributed by atoms with E-state index in [-0.39, 0.29) is 11.3 Å². The van der Waals surface area contributed by atoms with Crippen LogP contribution in [0.25, 0.3) is 0 Å². The van der Waals surface area contributed by atoms with Gasteiger partial charge in [0.15, 0.2) is 0 Å². The number of amides is 1. The maximum atomic E-state index is 11.2. The number of anilines is 1. The van der Waals surface area contributed by atoms with E-state index in [4.69, 9.17) is 0 Å². The molecule has 2 atom stereocenters. The molecular formula is C16H25N3O. The van der Waals surface area contributed by atoms with Crippen molar-refractivity contribution in [3.8, 4) is 0 Å². The highest BCUT2D eigenvalue weighted by Gasteiger charge is 2.40. The van der Waals surface area contributed by atoms with Crippen LogP contribution in [0.5, 0.6) is 0 Å². The summed E-state index contributed by atoms with van der Waals surface area (Å²) in [6.45, 7) is 8.36. The third-order valence-corrected chi connectivity index (χ3v) is 4.39. The Morgan fingerprint density at radius 3 is 2.60 bits per heavy atom. The average Bonchev–Trinajstić information content (AvgIpc) is 2.37. The molecule has 0 aromatic carbocycles. The zero-order chi connectivity index (χ0) is 14.8. The fourth-order valence-electron chi connectivity index (χ4n) is 3.76. The van der Waals surface area contributed by atoms with Crippen LogP contribution in [0.2, 0.25) is 0 Å². The highest BCUT2D eigenvalue weighted by Crippen LogP contribution is 2.45. The van der Waals surface area contributed by atoms with E-state index in [1.807, 2.05) is 0 Å². The first-order valence-electron chi connectivity index (χ1n) is 7.56. The minimum atomic E-state index is -0.0921. The molecule has 0 aliphatic heterocycles. The molecule has 1 fully saturated rings. The van der Waals surface area contributed by atoms with E-state index >= 15 is 0 Å². The number of nitrogens with one attached hydrogen (secondary N) is 1. The first kappa shape index (κ1) is 14.9. The molecule has 4 nitrogen and oxygen atoms in total. The fourth-order valence-corrected chi connectivity index (χ4v) is 3.76. The van der Waals surface area contributed by atoms with Crippen molar-refractivity contribution in [2.45, 2.75) is 58.8 Å². The van der Waals surface area contributed by atoms with Crippen LogP contribution in [-0.4, -0.2) is 15.9 Å². The van der Waals surface area contributed by atoms with Crippen molar-refractivity contribution in [1.29, 1.82) is 0 Å². The summed E-state index contributed by atoms with van der Waals surface area (Å²) in [5.41, 5.74) is 0.0611. The van der Waals surface area contributed by atoms with Crippen LogP contribution >= 0.6 is 0 Å². The van der Waals surface area contributed by atoms with E-state index in [9.17, 15) is 4.79 Å². The third-order valence-electron chi connectivity index (χ3n) is 4.39. The van der Waals surface area contributed by atoms with E-state index in [1.54, 1.807) is 12.3 Å². The molecule has 2 rings (SSSR count). The number of hydrogen-bond donors (Lipinski definition) is 1. The van der Waals surface area contributed by atoms with E-state index < -0.39 is 0 Å². The molecular weight excluding hydrogens is 250 g/mol. The van der Waals surface area contributed by atoms with E-state index in [2.05, 4.69) is 36.1 Å². The fraction of sp³-hybridized carbons (Fsp3) is 0.688. The van der Waals surface area contributed by atoms with Gasteiger partial charge in [-0.25, -0.2) is 9.97 Å². The zero-order valence-corrected chi connectivity index (χ0v) is 12.9. The Hall–Kier alpha value is -1.45. The largest absolute Gasteiger partial charge is 0.311 e. The van der Waals surface area contributed by atoms with Gasteiger partial charge in [0, 0.05) is 18.5 Å². The Labute approximate surface area is 121 Å². The Kier molecular flexibility index (Phi) is 4.41. The highest BCUT2D eigenvalue weighted by molar-refractivity contribution is 5.87. The number of aromatic nitrogens is 2. The van der Waals surface area contributed by atoms with Gasteiger partial charge in [-0.1, -0.05) is 20.8 Å². The summed E-state index contributed by atoms with van der Waals surface area (Å²) in [5, 5.41) is 2.76. The molecule has 1 aromatic heterocycles. The van der Waals surface area contributed by atoms with Gasteiger partial charge in [0.2, 0.25) is 5.91 Å². The van der Waals surface area contributed by atoms with Gasteiger partial charge in [0.1, 0.15) is 11.6 Å². The van der Waals surface area contributed by atoms with Crippen LogP contribution < -0.4 is 5.32 Å². The smallest absolute Gasteiger partial charge is 0.222 e. The molecule has 1 heterocycles. The molecule has 0 saturated heterocycles. The van der Waals surface area contributed by atoms with Gasteiger partial charge in [0.25, 0.3) is 0 Å².